The molecule has 1 saturated carbocycles. The first-order chi connectivity index (χ1) is 11.1. The molecule has 0 unspecified atom stereocenters. The zero-order chi connectivity index (χ0) is 16.1. The van der Waals surface area contributed by atoms with Crippen molar-refractivity contribution in [2.75, 3.05) is 32.0 Å². The molecule has 1 aromatic heterocycles. The van der Waals surface area contributed by atoms with Crippen molar-refractivity contribution >= 4 is 5.82 Å². The molecule has 3 rings (SSSR count). The van der Waals surface area contributed by atoms with E-state index in [1.54, 1.807) is 6.20 Å². The van der Waals surface area contributed by atoms with Gasteiger partial charge in [0.25, 0.3) is 0 Å². The Hall–Kier alpha value is -1.17. The Balaban J connectivity index is 1.48. The SMILES string of the molecule is Nc1cc(CC[C@@H]2CN(CC3(O)CCCCC3)CCO2)ccn1. The number of aryl methyl sites for hydroxylation is 1. The van der Waals surface area contributed by atoms with Gasteiger partial charge in [-0.3, -0.25) is 4.90 Å². The van der Waals surface area contributed by atoms with E-state index in [2.05, 4.69) is 9.88 Å². The van der Waals surface area contributed by atoms with Crippen LogP contribution in [-0.2, 0) is 11.2 Å². The molecule has 0 spiro atoms. The maximum absolute atomic E-state index is 10.7. The molecule has 0 aromatic carbocycles. The fourth-order valence-electron chi connectivity index (χ4n) is 3.86. The third kappa shape index (κ3) is 4.90. The van der Waals surface area contributed by atoms with Crippen LogP contribution in [0, 0.1) is 0 Å². The summed E-state index contributed by atoms with van der Waals surface area (Å²) >= 11 is 0. The zero-order valence-corrected chi connectivity index (χ0v) is 13.9. The predicted molar refractivity (Wildman–Crippen MR) is 91.2 cm³/mol. The van der Waals surface area contributed by atoms with Crippen LogP contribution >= 0.6 is 0 Å². The fraction of sp³-hybridized carbons (Fsp3) is 0.722. The van der Waals surface area contributed by atoms with Gasteiger partial charge in [-0.1, -0.05) is 19.3 Å². The summed E-state index contributed by atoms with van der Waals surface area (Å²) in [6.07, 6.45) is 9.43. The van der Waals surface area contributed by atoms with Crippen molar-refractivity contribution in [3.05, 3.63) is 23.9 Å². The van der Waals surface area contributed by atoms with Crippen LogP contribution in [0.2, 0.25) is 0 Å². The van der Waals surface area contributed by atoms with Gasteiger partial charge in [0, 0.05) is 25.8 Å². The molecule has 2 fully saturated rings. The van der Waals surface area contributed by atoms with Gasteiger partial charge < -0.3 is 15.6 Å². The monoisotopic (exact) mass is 319 g/mol. The van der Waals surface area contributed by atoms with Gasteiger partial charge in [0.2, 0.25) is 0 Å². The molecule has 3 N–H and O–H groups in total. The van der Waals surface area contributed by atoms with Crippen molar-refractivity contribution < 1.29 is 9.84 Å². The Labute approximate surface area is 138 Å². The molecule has 0 amide bonds. The highest BCUT2D eigenvalue weighted by molar-refractivity contribution is 5.31. The molecule has 0 radical (unpaired) electrons. The number of nitrogens with two attached hydrogens (primary N) is 1. The molecule has 2 aliphatic rings. The second-order valence-corrected chi connectivity index (χ2v) is 7.14. The van der Waals surface area contributed by atoms with Crippen LogP contribution in [0.1, 0.15) is 44.1 Å². The third-order valence-corrected chi connectivity index (χ3v) is 5.13. The molecule has 1 saturated heterocycles. The van der Waals surface area contributed by atoms with Gasteiger partial charge in [-0.25, -0.2) is 4.98 Å². The number of rotatable bonds is 5. The lowest BCUT2D eigenvalue weighted by atomic mass is 9.84. The smallest absolute Gasteiger partial charge is 0.123 e. The molecule has 1 atom stereocenters. The summed E-state index contributed by atoms with van der Waals surface area (Å²) in [4.78, 5) is 6.42. The van der Waals surface area contributed by atoms with Crippen molar-refractivity contribution in [2.45, 2.75) is 56.7 Å². The molecule has 1 aliphatic heterocycles. The Morgan fingerprint density at radius 1 is 1.35 bits per heavy atom. The highest BCUT2D eigenvalue weighted by atomic mass is 16.5. The van der Waals surface area contributed by atoms with E-state index in [-0.39, 0.29) is 6.10 Å². The molecule has 2 heterocycles. The van der Waals surface area contributed by atoms with Crippen molar-refractivity contribution in [1.29, 1.82) is 0 Å². The lowest BCUT2D eigenvalue weighted by Crippen LogP contribution is -2.50. The highest BCUT2D eigenvalue weighted by Crippen LogP contribution is 2.29. The van der Waals surface area contributed by atoms with Gasteiger partial charge in [0.15, 0.2) is 0 Å². The number of hydrogen-bond acceptors (Lipinski definition) is 5. The largest absolute Gasteiger partial charge is 0.389 e. The molecule has 1 aliphatic carbocycles. The zero-order valence-electron chi connectivity index (χ0n) is 13.9. The highest BCUT2D eigenvalue weighted by Gasteiger charge is 2.33. The van der Waals surface area contributed by atoms with E-state index < -0.39 is 5.60 Å². The van der Waals surface area contributed by atoms with Gasteiger partial charge in [-0.05, 0) is 43.4 Å². The minimum atomic E-state index is -0.473. The summed E-state index contributed by atoms with van der Waals surface area (Å²) in [5.74, 6) is 0.577. The van der Waals surface area contributed by atoms with E-state index in [9.17, 15) is 5.11 Å². The van der Waals surface area contributed by atoms with E-state index in [0.29, 0.717) is 5.82 Å². The van der Waals surface area contributed by atoms with E-state index in [0.717, 1.165) is 64.8 Å². The maximum atomic E-state index is 10.7. The van der Waals surface area contributed by atoms with Crippen molar-refractivity contribution in [2.24, 2.45) is 0 Å². The molecule has 5 heteroatoms. The summed E-state index contributed by atoms with van der Waals surface area (Å²) in [5, 5.41) is 10.7. The number of aliphatic hydroxyl groups is 1. The first-order valence-corrected chi connectivity index (χ1v) is 8.90. The van der Waals surface area contributed by atoms with Crippen LogP contribution in [0.5, 0.6) is 0 Å². The fourth-order valence-corrected chi connectivity index (χ4v) is 3.86. The van der Waals surface area contributed by atoms with Gasteiger partial charge in [0.1, 0.15) is 5.82 Å². The summed E-state index contributed by atoms with van der Waals surface area (Å²) < 4.78 is 5.91. The van der Waals surface area contributed by atoms with Gasteiger partial charge >= 0.3 is 0 Å². The van der Waals surface area contributed by atoms with Gasteiger partial charge in [-0.15, -0.1) is 0 Å². The summed E-state index contributed by atoms with van der Waals surface area (Å²) in [7, 11) is 0. The van der Waals surface area contributed by atoms with E-state index in [1.165, 1.54) is 12.0 Å². The minimum absolute atomic E-state index is 0.241. The van der Waals surface area contributed by atoms with E-state index in [1.807, 2.05) is 12.1 Å². The second kappa shape index (κ2) is 7.60. The van der Waals surface area contributed by atoms with Crippen molar-refractivity contribution in [3.63, 3.8) is 0 Å². The van der Waals surface area contributed by atoms with E-state index >= 15 is 0 Å². The molecule has 128 valence electrons. The topological polar surface area (TPSA) is 71.6 Å². The van der Waals surface area contributed by atoms with Crippen LogP contribution in [0.4, 0.5) is 5.82 Å². The standard InChI is InChI=1S/C18H29N3O2/c19-17-12-15(6-9-20-17)4-5-16-13-21(10-11-23-16)14-18(22)7-2-1-3-8-18/h6,9,12,16,22H,1-5,7-8,10-11,13-14H2,(H2,19,20)/t16-/m1/s1. The van der Waals surface area contributed by atoms with Crippen LogP contribution in [-0.4, -0.2) is 52.9 Å². The number of nitrogen functional groups attached to an aromatic ring is 1. The summed E-state index contributed by atoms with van der Waals surface area (Å²) in [5.41, 5.74) is 6.47. The first kappa shape index (κ1) is 16.7. The quantitative estimate of drug-likeness (QED) is 0.868. The lowest BCUT2D eigenvalue weighted by molar-refractivity contribution is -0.0769. The average Bonchev–Trinajstić information content (AvgIpc) is 2.54. The normalized spacial score (nSPS) is 25.3. The Morgan fingerprint density at radius 2 is 2.17 bits per heavy atom. The molecule has 23 heavy (non-hydrogen) atoms. The Morgan fingerprint density at radius 3 is 2.96 bits per heavy atom. The number of ether oxygens (including phenoxy) is 1. The number of hydrogen-bond donors (Lipinski definition) is 2. The number of aromatic nitrogens is 1. The molecule has 1 aromatic rings. The van der Waals surface area contributed by atoms with Crippen LogP contribution in [0.15, 0.2) is 18.3 Å². The summed E-state index contributed by atoms with van der Waals surface area (Å²) in [6, 6.07) is 3.95. The van der Waals surface area contributed by atoms with E-state index in [4.69, 9.17) is 10.5 Å². The van der Waals surface area contributed by atoms with Gasteiger partial charge in [0.05, 0.1) is 18.3 Å². The number of anilines is 1. The first-order valence-electron chi connectivity index (χ1n) is 8.90. The Kier molecular flexibility index (Phi) is 5.51. The Bertz CT molecular complexity index is 503. The summed E-state index contributed by atoms with van der Waals surface area (Å²) in [6.45, 7) is 3.41. The molecule has 0 bridgehead atoms. The number of β-amino-alcohol motifs (C(OH)–C–C–N with tert-alkyl or cyclic N) is 1. The maximum Gasteiger partial charge on any atom is 0.123 e. The number of nitrogens with zero attached hydrogens (tertiary/aromatic N) is 2. The third-order valence-electron chi connectivity index (χ3n) is 5.13. The molecule has 5 nitrogen and oxygen atoms in total. The van der Waals surface area contributed by atoms with Crippen molar-refractivity contribution in [3.8, 4) is 0 Å². The van der Waals surface area contributed by atoms with Crippen LogP contribution in [0.3, 0.4) is 0 Å². The number of pyridine rings is 1. The minimum Gasteiger partial charge on any atom is -0.389 e. The molecular weight excluding hydrogens is 290 g/mol. The van der Waals surface area contributed by atoms with Gasteiger partial charge in [-0.2, -0.15) is 0 Å². The van der Waals surface area contributed by atoms with Crippen LogP contribution < -0.4 is 5.73 Å². The lowest BCUT2D eigenvalue weighted by Gasteiger charge is -2.40. The van der Waals surface area contributed by atoms with Crippen molar-refractivity contribution in [1.82, 2.24) is 9.88 Å². The predicted octanol–water partition coefficient (Wildman–Crippen LogP) is 1.99. The second-order valence-electron chi connectivity index (χ2n) is 7.14. The molecular formula is C18H29N3O2. The number of morpholine rings is 1. The average molecular weight is 319 g/mol. The van der Waals surface area contributed by atoms with Crippen LogP contribution in [0.25, 0.3) is 0 Å².